The number of methoxy groups -OCH3 is 1. The Morgan fingerprint density at radius 1 is 1.42 bits per heavy atom. The number of fused-ring (bicyclic) bond motifs is 1. The third-order valence-electron chi connectivity index (χ3n) is 5.22. The van der Waals surface area contributed by atoms with E-state index in [9.17, 15) is 5.11 Å². The van der Waals surface area contributed by atoms with Gasteiger partial charge in [0.2, 0.25) is 0 Å². The number of aliphatic hydroxyl groups excluding tert-OH is 1. The topological polar surface area (TPSA) is 48.5 Å². The van der Waals surface area contributed by atoms with Gasteiger partial charge in [-0.25, -0.2) is 0 Å². The van der Waals surface area contributed by atoms with Crippen LogP contribution < -0.4 is 0 Å². The number of nitrogens with zero attached hydrogens (tertiary/aromatic N) is 1. The van der Waals surface area contributed by atoms with E-state index in [4.69, 9.17) is 4.74 Å². The summed E-state index contributed by atoms with van der Waals surface area (Å²) in [5, 5.41) is 10.9. The first-order valence-electron chi connectivity index (χ1n) is 9.17. The largest absolute Gasteiger partial charge is 0.393 e. The molecule has 0 saturated carbocycles. The molecule has 0 aliphatic carbocycles. The molecule has 132 valence electrons. The summed E-state index contributed by atoms with van der Waals surface area (Å²) in [4.78, 5) is 5.99. The number of benzene rings is 1. The summed E-state index contributed by atoms with van der Waals surface area (Å²) >= 11 is 0. The highest BCUT2D eigenvalue weighted by atomic mass is 16.5. The van der Waals surface area contributed by atoms with Crippen molar-refractivity contribution in [1.82, 2.24) is 9.88 Å². The minimum atomic E-state index is -0.237. The zero-order valence-corrected chi connectivity index (χ0v) is 14.9. The van der Waals surface area contributed by atoms with Gasteiger partial charge in [-0.2, -0.15) is 0 Å². The van der Waals surface area contributed by atoms with Gasteiger partial charge in [-0.05, 0) is 68.8 Å². The maximum absolute atomic E-state index is 9.51. The van der Waals surface area contributed by atoms with E-state index in [1.54, 1.807) is 7.11 Å². The number of ether oxygens (including phenoxy) is 1. The molecule has 0 amide bonds. The molecule has 3 rings (SSSR count). The lowest BCUT2D eigenvalue weighted by Crippen LogP contribution is -2.33. The first kappa shape index (κ1) is 17.5. The van der Waals surface area contributed by atoms with Gasteiger partial charge in [0.1, 0.15) is 0 Å². The van der Waals surface area contributed by atoms with Crippen molar-refractivity contribution >= 4 is 10.9 Å². The number of hydrogen-bond acceptors (Lipinski definition) is 3. The highest BCUT2D eigenvalue weighted by Crippen LogP contribution is 2.26. The molecule has 0 spiro atoms. The van der Waals surface area contributed by atoms with Crippen LogP contribution in [0.2, 0.25) is 0 Å². The normalized spacial score (nSPS) is 20.0. The number of hydrogen-bond donors (Lipinski definition) is 2. The fourth-order valence-electron chi connectivity index (χ4n) is 3.81. The standard InChI is InChI=1S/C20H30N2O2/c1-15(23)5-6-16-7-8-20-19(12-16)17(14-21-20)13-18-4-3-9-22(18)10-11-24-2/h7-8,12,14-15,18,21,23H,3-6,9-11,13H2,1-2H3/t15?,18-/m1/s1. The minimum Gasteiger partial charge on any atom is -0.393 e. The third kappa shape index (κ3) is 4.18. The van der Waals surface area contributed by atoms with Crippen LogP contribution in [0.15, 0.2) is 24.4 Å². The average Bonchev–Trinajstić information content (AvgIpc) is 3.18. The molecule has 4 heteroatoms. The Hall–Kier alpha value is -1.36. The first-order chi connectivity index (χ1) is 11.7. The molecule has 0 radical (unpaired) electrons. The van der Waals surface area contributed by atoms with E-state index >= 15 is 0 Å². The second kappa shape index (κ2) is 8.15. The second-order valence-electron chi connectivity index (χ2n) is 7.11. The predicted molar refractivity (Wildman–Crippen MR) is 98.5 cm³/mol. The lowest BCUT2D eigenvalue weighted by Gasteiger charge is -2.23. The zero-order chi connectivity index (χ0) is 16.9. The van der Waals surface area contributed by atoms with Gasteiger partial charge in [-0.1, -0.05) is 6.07 Å². The summed E-state index contributed by atoms with van der Waals surface area (Å²) < 4.78 is 5.25. The van der Waals surface area contributed by atoms with E-state index in [-0.39, 0.29) is 6.10 Å². The molecule has 1 aliphatic rings. The van der Waals surface area contributed by atoms with Crippen LogP contribution in [-0.2, 0) is 17.6 Å². The molecule has 1 unspecified atom stereocenters. The van der Waals surface area contributed by atoms with Crippen LogP contribution in [0.25, 0.3) is 10.9 Å². The molecule has 0 bridgehead atoms. The molecule has 2 atom stereocenters. The fraction of sp³-hybridized carbons (Fsp3) is 0.600. The minimum absolute atomic E-state index is 0.237. The molecule has 1 aromatic carbocycles. The van der Waals surface area contributed by atoms with Gasteiger partial charge >= 0.3 is 0 Å². The quantitative estimate of drug-likeness (QED) is 0.782. The number of aromatic amines is 1. The van der Waals surface area contributed by atoms with Gasteiger partial charge in [0, 0.05) is 36.8 Å². The molecule has 1 saturated heterocycles. The molecule has 2 heterocycles. The van der Waals surface area contributed by atoms with Crippen LogP contribution in [0.4, 0.5) is 0 Å². The van der Waals surface area contributed by atoms with E-state index in [2.05, 4.69) is 34.3 Å². The molecule has 4 nitrogen and oxygen atoms in total. The molecule has 1 aromatic heterocycles. The van der Waals surface area contributed by atoms with Gasteiger partial charge in [-0.3, -0.25) is 4.90 Å². The van der Waals surface area contributed by atoms with Crippen molar-refractivity contribution in [2.45, 2.75) is 51.2 Å². The van der Waals surface area contributed by atoms with Crippen LogP contribution in [0.5, 0.6) is 0 Å². The number of H-pyrrole nitrogens is 1. The molecular weight excluding hydrogens is 300 g/mol. The van der Waals surface area contributed by atoms with Gasteiger partial charge in [0.25, 0.3) is 0 Å². The van der Waals surface area contributed by atoms with Crippen molar-refractivity contribution in [2.75, 3.05) is 26.8 Å². The molecule has 24 heavy (non-hydrogen) atoms. The van der Waals surface area contributed by atoms with Crippen molar-refractivity contribution in [2.24, 2.45) is 0 Å². The van der Waals surface area contributed by atoms with Crippen molar-refractivity contribution in [1.29, 1.82) is 0 Å². The number of aryl methyl sites for hydroxylation is 1. The van der Waals surface area contributed by atoms with Gasteiger partial charge < -0.3 is 14.8 Å². The van der Waals surface area contributed by atoms with Crippen LogP contribution in [0, 0.1) is 0 Å². The van der Waals surface area contributed by atoms with E-state index < -0.39 is 0 Å². The van der Waals surface area contributed by atoms with Crippen molar-refractivity contribution in [3.63, 3.8) is 0 Å². The molecule has 2 aromatic rings. The number of aliphatic hydroxyl groups is 1. The predicted octanol–water partition coefficient (Wildman–Crippen LogP) is 3.13. The molecular formula is C20H30N2O2. The van der Waals surface area contributed by atoms with E-state index in [1.807, 2.05) is 6.92 Å². The smallest absolute Gasteiger partial charge is 0.0589 e. The van der Waals surface area contributed by atoms with E-state index in [0.29, 0.717) is 6.04 Å². The van der Waals surface area contributed by atoms with Crippen molar-refractivity contribution in [3.8, 4) is 0 Å². The first-order valence-corrected chi connectivity index (χ1v) is 9.17. The second-order valence-corrected chi connectivity index (χ2v) is 7.11. The van der Waals surface area contributed by atoms with Gasteiger partial charge in [-0.15, -0.1) is 0 Å². The van der Waals surface area contributed by atoms with E-state index in [1.165, 1.54) is 41.4 Å². The molecule has 1 fully saturated rings. The molecule has 2 N–H and O–H groups in total. The highest BCUT2D eigenvalue weighted by molar-refractivity contribution is 5.84. The Kier molecular flexibility index (Phi) is 5.93. The Morgan fingerprint density at radius 2 is 2.29 bits per heavy atom. The number of nitrogens with one attached hydrogen (secondary N) is 1. The summed E-state index contributed by atoms with van der Waals surface area (Å²) in [6.45, 7) is 4.89. The maximum Gasteiger partial charge on any atom is 0.0589 e. The fourth-order valence-corrected chi connectivity index (χ4v) is 3.81. The van der Waals surface area contributed by atoms with Crippen LogP contribution in [0.3, 0.4) is 0 Å². The number of aromatic nitrogens is 1. The Balaban J connectivity index is 1.73. The van der Waals surface area contributed by atoms with Crippen molar-refractivity contribution < 1.29 is 9.84 Å². The number of rotatable bonds is 8. The van der Waals surface area contributed by atoms with Gasteiger partial charge in [0.05, 0.1) is 12.7 Å². The Bertz CT molecular complexity index is 650. The van der Waals surface area contributed by atoms with Gasteiger partial charge in [0.15, 0.2) is 0 Å². The monoisotopic (exact) mass is 330 g/mol. The van der Waals surface area contributed by atoms with Crippen LogP contribution in [-0.4, -0.2) is 53.9 Å². The number of likely N-dealkylation sites (tertiary alicyclic amines) is 1. The zero-order valence-electron chi connectivity index (χ0n) is 14.9. The SMILES string of the molecule is COCCN1CCC[C@@H]1Cc1c[nH]c2ccc(CCC(C)O)cc12. The molecule has 1 aliphatic heterocycles. The van der Waals surface area contributed by atoms with Crippen LogP contribution in [0.1, 0.15) is 37.3 Å². The highest BCUT2D eigenvalue weighted by Gasteiger charge is 2.25. The summed E-state index contributed by atoms with van der Waals surface area (Å²) in [6, 6.07) is 7.28. The summed E-state index contributed by atoms with van der Waals surface area (Å²) in [6.07, 6.45) is 7.35. The summed E-state index contributed by atoms with van der Waals surface area (Å²) in [7, 11) is 1.78. The lowest BCUT2D eigenvalue weighted by molar-refractivity contribution is 0.141. The Labute approximate surface area is 144 Å². The lowest BCUT2D eigenvalue weighted by atomic mass is 10.00. The van der Waals surface area contributed by atoms with Crippen LogP contribution >= 0.6 is 0 Å². The average molecular weight is 330 g/mol. The maximum atomic E-state index is 9.51. The summed E-state index contributed by atoms with van der Waals surface area (Å²) in [5.74, 6) is 0. The Morgan fingerprint density at radius 3 is 3.08 bits per heavy atom. The summed E-state index contributed by atoms with van der Waals surface area (Å²) in [5.41, 5.74) is 3.94. The third-order valence-corrected chi connectivity index (χ3v) is 5.22. The van der Waals surface area contributed by atoms with Crippen molar-refractivity contribution in [3.05, 3.63) is 35.5 Å². The van der Waals surface area contributed by atoms with E-state index in [0.717, 1.165) is 32.4 Å².